The van der Waals surface area contributed by atoms with Crippen LogP contribution in [0.4, 0.5) is 0 Å². The Hall–Kier alpha value is -1.02. The number of hydrogen-bond donors (Lipinski definition) is 0. The Morgan fingerprint density at radius 3 is 2.67 bits per heavy atom. The van der Waals surface area contributed by atoms with Crippen LogP contribution in [0.3, 0.4) is 0 Å². The highest BCUT2D eigenvalue weighted by atomic mass is 35.5. The summed E-state index contributed by atoms with van der Waals surface area (Å²) < 4.78 is 0. The van der Waals surface area contributed by atoms with Crippen molar-refractivity contribution >= 4 is 17.5 Å². The average molecular weight is 226 g/mol. The maximum absolute atomic E-state index is 11.7. The molecule has 0 radical (unpaired) electrons. The summed E-state index contributed by atoms with van der Waals surface area (Å²) in [5, 5.41) is 0.564. The summed E-state index contributed by atoms with van der Waals surface area (Å²) >= 11 is 5.95. The zero-order valence-electron chi connectivity index (χ0n) is 9.38. The maximum atomic E-state index is 11.7. The number of likely N-dealkylation sites (N-methyl/N-ethyl adjacent to an activating group) is 1. The summed E-state index contributed by atoms with van der Waals surface area (Å²) in [5.74, 6) is 0.0341. The van der Waals surface area contributed by atoms with Crippen molar-refractivity contribution in [1.82, 2.24) is 4.90 Å². The van der Waals surface area contributed by atoms with Crippen LogP contribution in [0, 0.1) is 0 Å². The number of carbonyl (C=O) groups is 1. The smallest absolute Gasteiger partial charge is 0.255 e. The number of benzene rings is 1. The number of carbonyl (C=O) groups excluding carboxylic acids is 1. The predicted octanol–water partition coefficient (Wildman–Crippen LogP) is 2.99. The first-order valence-corrected chi connectivity index (χ1v) is 5.61. The molecule has 0 atom stereocenters. The molecule has 0 bridgehead atoms. The van der Waals surface area contributed by atoms with Gasteiger partial charge < -0.3 is 4.90 Å². The van der Waals surface area contributed by atoms with Gasteiger partial charge in [-0.05, 0) is 18.1 Å². The summed E-state index contributed by atoms with van der Waals surface area (Å²) in [5.41, 5.74) is 1.74. The molecular formula is C12H16ClNO. The van der Waals surface area contributed by atoms with Crippen LogP contribution in [-0.4, -0.2) is 24.4 Å². The Morgan fingerprint density at radius 2 is 2.00 bits per heavy atom. The van der Waals surface area contributed by atoms with Gasteiger partial charge in [0.25, 0.3) is 5.91 Å². The van der Waals surface area contributed by atoms with E-state index in [2.05, 4.69) is 0 Å². The summed E-state index contributed by atoms with van der Waals surface area (Å²) in [7, 11) is 1.80. The molecule has 3 heteroatoms. The van der Waals surface area contributed by atoms with E-state index in [-0.39, 0.29) is 5.91 Å². The zero-order chi connectivity index (χ0) is 11.4. The van der Waals surface area contributed by atoms with E-state index in [9.17, 15) is 4.79 Å². The molecule has 1 aromatic rings. The predicted molar refractivity (Wildman–Crippen MR) is 63.5 cm³/mol. The fraction of sp³-hybridized carbons (Fsp3) is 0.417. The number of rotatable bonds is 0. The molecule has 0 aliphatic carbocycles. The van der Waals surface area contributed by atoms with Gasteiger partial charge in [0.15, 0.2) is 0 Å². The van der Waals surface area contributed by atoms with E-state index in [4.69, 9.17) is 11.6 Å². The highest BCUT2D eigenvalue weighted by Gasteiger charge is 2.23. The summed E-state index contributed by atoms with van der Waals surface area (Å²) in [6.45, 7) is 4.78. The third kappa shape index (κ3) is 2.32. The lowest BCUT2D eigenvalue weighted by Gasteiger charge is -2.25. The molecule has 82 valence electrons. The Balaban J connectivity index is 0.000000531. The molecule has 2 nitrogen and oxygen atoms in total. The van der Waals surface area contributed by atoms with E-state index in [1.165, 1.54) is 0 Å². The molecule has 2 rings (SSSR count). The average Bonchev–Trinajstić information content (AvgIpc) is 2.26. The number of nitrogens with zero attached hydrogens (tertiary/aromatic N) is 1. The number of halogens is 1. The monoisotopic (exact) mass is 225 g/mol. The maximum Gasteiger partial charge on any atom is 0.255 e. The van der Waals surface area contributed by atoms with E-state index in [1.807, 2.05) is 26.0 Å². The van der Waals surface area contributed by atoms with Crippen LogP contribution in [0.5, 0.6) is 0 Å². The van der Waals surface area contributed by atoms with Crippen molar-refractivity contribution in [3.63, 3.8) is 0 Å². The molecule has 0 saturated carbocycles. The minimum Gasteiger partial charge on any atom is -0.341 e. The fourth-order valence-corrected chi connectivity index (χ4v) is 1.87. The molecule has 0 spiro atoms. The minimum absolute atomic E-state index is 0.0341. The Morgan fingerprint density at radius 1 is 1.33 bits per heavy atom. The second-order valence-corrected chi connectivity index (χ2v) is 3.66. The van der Waals surface area contributed by atoms with Crippen LogP contribution in [0.1, 0.15) is 29.8 Å². The van der Waals surface area contributed by atoms with Crippen LogP contribution in [0.2, 0.25) is 5.02 Å². The van der Waals surface area contributed by atoms with Crippen molar-refractivity contribution in [2.75, 3.05) is 13.6 Å². The van der Waals surface area contributed by atoms with Gasteiger partial charge in [0.1, 0.15) is 0 Å². The van der Waals surface area contributed by atoms with Crippen molar-refractivity contribution in [3.8, 4) is 0 Å². The molecule has 0 aromatic heterocycles. The van der Waals surface area contributed by atoms with Crippen LogP contribution in [-0.2, 0) is 6.42 Å². The first-order valence-electron chi connectivity index (χ1n) is 5.23. The van der Waals surface area contributed by atoms with E-state index in [0.29, 0.717) is 10.6 Å². The van der Waals surface area contributed by atoms with E-state index < -0.39 is 0 Å². The van der Waals surface area contributed by atoms with Crippen molar-refractivity contribution in [3.05, 3.63) is 34.3 Å². The van der Waals surface area contributed by atoms with Gasteiger partial charge in [-0.1, -0.05) is 37.6 Å². The normalized spacial score (nSPS) is 14.1. The second-order valence-electron chi connectivity index (χ2n) is 3.25. The molecule has 1 aliphatic heterocycles. The lowest BCUT2D eigenvalue weighted by Crippen LogP contribution is -2.34. The van der Waals surface area contributed by atoms with Gasteiger partial charge in [-0.15, -0.1) is 0 Å². The molecular weight excluding hydrogens is 210 g/mol. The van der Waals surface area contributed by atoms with Gasteiger partial charge >= 0.3 is 0 Å². The van der Waals surface area contributed by atoms with Crippen molar-refractivity contribution < 1.29 is 4.79 Å². The Bertz CT molecular complexity index is 363. The van der Waals surface area contributed by atoms with Crippen molar-refractivity contribution in [1.29, 1.82) is 0 Å². The third-order valence-electron chi connectivity index (χ3n) is 2.38. The van der Waals surface area contributed by atoms with E-state index in [1.54, 1.807) is 18.0 Å². The van der Waals surface area contributed by atoms with Crippen molar-refractivity contribution in [2.24, 2.45) is 0 Å². The van der Waals surface area contributed by atoms with Gasteiger partial charge in [0.05, 0.1) is 10.6 Å². The molecule has 0 N–H and O–H groups in total. The van der Waals surface area contributed by atoms with E-state index >= 15 is 0 Å². The SMILES string of the molecule is CC.CN1CCc2cccc(Cl)c2C1=O. The minimum atomic E-state index is 0.0341. The largest absolute Gasteiger partial charge is 0.341 e. The van der Waals surface area contributed by atoms with Crippen LogP contribution >= 0.6 is 11.6 Å². The second kappa shape index (κ2) is 5.17. The molecule has 0 unspecified atom stereocenters. The standard InChI is InChI=1S/C10H10ClNO.C2H6/c1-12-6-5-7-3-2-4-8(11)9(7)10(12)13;1-2/h2-4H,5-6H2,1H3;1-2H3. The Kier molecular flexibility index (Phi) is 4.15. The molecule has 0 saturated heterocycles. The number of hydrogen-bond acceptors (Lipinski definition) is 1. The van der Waals surface area contributed by atoms with Crippen LogP contribution in [0.25, 0.3) is 0 Å². The van der Waals surface area contributed by atoms with Crippen LogP contribution in [0.15, 0.2) is 18.2 Å². The summed E-state index contributed by atoms with van der Waals surface area (Å²) in [6, 6.07) is 5.61. The Labute approximate surface area is 95.8 Å². The van der Waals surface area contributed by atoms with Gasteiger partial charge in [-0.3, -0.25) is 4.79 Å². The highest BCUT2D eigenvalue weighted by Crippen LogP contribution is 2.25. The van der Waals surface area contributed by atoms with Crippen molar-refractivity contribution in [2.45, 2.75) is 20.3 Å². The van der Waals surface area contributed by atoms with Gasteiger partial charge in [0.2, 0.25) is 0 Å². The quantitative estimate of drug-likeness (QED) is 0.665. The highest BCUT2D eigenvalue weighted by molar-refractivity contribution is 6.34. The number of fused-ring (bicyclic) bond motifs is 1. The topological polar surface area (TPSA) is 20.3 Å². The summed E-state index contributed by atoms with van der Waals surface area (Å²) in [4.78, 5) is 13.4. The molecule has 0 fully saturated rings. The zero-order valence-corrected chi connectivity index (χ0v) is 10.1. The van der Waals surface area contributed by atoms with Gasteiger partial charge in [0, 0.05) is 13.6 Å². The lowest BCUT2D eigenvalue weighted by molar-refractivity contribution is 0.0781. The molecule has 1 aromatic carbocycles. The summed E-state index contributed by atoms with van der Waals surface area (Å²) in [6.07, 6.45) is 0.901. The first kappa shape index (κ1) is 12.1. The molecule has 1 amide bonds. The lowest BCUT2D eigenvalue weighted by atomic mass is 9.99. The van der Waals surface area contributed by atoms with Gasteiger partial charge in [-0.25, -0.2) is 0 Å². The van der Waals surface area contributed by atoms with Crippen LogP contribution < -0.4 is 0 Å². The third-order valence-corrected chi connectivity index (χ3v) is 2.69. The van der Waals surface area contributed by atoms with Gasteiger partial charge in [-0.2, -0.15) is 0 Å². The molecule has 15 heavy (non-hydrogen) atoms. The number of amides is 1. The molecule has 1 aliphatic rings. The molecule has 1 heterocycles. The van der Waals surface area contributed by atoms with E-state index in [0.717, 1.165) is 18.5 Å². The first-order chi connectivity index (χ1) is 7.20. The fourth-order valence-electron chi connectivity index (χ4n) is 1.60.